The number of piperazine rings is 1. The first-order valence-electron chi connectivity index (χ1n) is 5.87. The highest BCUT2D eigenvalue weighted by Gasteiger charge is 2.22. The second kappa shape index (κ2) is 6.55. The molecule has 18 heavy (non-hydrogen) atoms. The Labute approximate surface area is 122 Å². The van der Waals surface area contributed by atoms with E-state index in [1.807, 2.05) is 30.0 Å². The van der Waals surface area contributed by atoms with Crippen molar-refractivity contribution in [1.29, 1.82) is 0 Å². The molecule has 1 aromatic rings. The van der Waals surface area contributed by atoms with Crippen LogP contribution in [0.2, 0.25) is 0 Å². The second-order valence-electron chi connectivity index (χ2n) is 4.57. The zero-order chi connectivity index (χ0) is 12.4. The lowest BCUT2D eigenvalue weighted by atomic mass is 10.1. The first kappa shape index (κ1) is 15.5. The first-order chi connectivity index (χ1) is 8.08. The minimum atomic E-state index is 0. The predicted molar refractivity (Wildman–Crippen MR) is 79.5 cm³/mol. The second-order valence-corrected chi connectivity index (χ2v) is 5.48. The molecule has 1 fully saturated rings. The van der Waals surface area contributed by atoms with E-state index >= 15 is 0 Å². The van der Waals surface area contributed by atoms with Crippen molar-refractivity contribution in [2.75, 3.05) is 19.6 Å². The van der Waals surface area contributed by atoms with Crippen molar-refractivity contribution < 1.29 is 4.79 Å². The fourth-order valence-electron chi connectivity index (χ4n) is 2.15. The van der Waals surface area contributed by atoms with Gasteiger partial charge in [0.1, 0.15) is 0 Å². The van der Waals surface area contributed by atoms with E-state index in [1.54, 1.807) is 0 Å². The molecule has 3 nitrogen and oxygen atoms in total. The maximum absolute atomic E-state index is 12.4. The van der Waals surface area contributed by atoms with Gasteiger partial charge in [-0.3, -0.25) is 4.79 Å². The highest BCUT2D eigenvalue weighted by Crippen LogP contribution is 2.18. The van der Waals surface area contributed by atoms with Crippen molar-refractivity contribution in [3.8, 4) is 0 Å². The van der Waals surface area contributed by atoms with Crippen LogP contribution in [0.4, 0.5) is 0 Å². The summed E-state index contributed by atoms with van der Waals surface area (Å²) in [6, 6.07) is 6.18. The van der Waals surface area contributed by atoms with Crippen LogP contribution in [0.1, 0.15) is 22.8 Å². The van der Waals surface area contributed by atoms with Gasteiger partial charge in [-0.1, -0.05) is 15.9 Å². The van der Waals surface area contributed by atoms with Gasteiger partial charge in [0.25, 0.3) is 5.91 Å². The van der Waals surface area contributed by atoms with Crippen LogP contribution >= 0.6 is 28.3 Å². The third kappa shape index (κ3) is 3.46. The Morgan fingerprint density at radius 1 is 1.50 bits per heavy atom. The molecule has 0 spiro atoms. The zero-order valence-electron chi connectivity index (χ0n) is 10.6. The topological polar surface area (TPSA) is 32.3 Å². The Bertz CT molecular complexity index is 439. The molecule has 1 aromatic carbocycles. The average Bonchev–Trinajstić information content (AvgIpc) is 2.28. The Kier molecular flexibility index (Phi) is 5.63. The van der Waals surface area contributed by atoms with E-state index in [1.165, 1.54) is 0 Å². The number of carbonyl (C=O) groups is 1. The highest BCUT2D eigenvalue weighted by atomic mass is 79.9. The standard InChI is InChI=1S/C13H17BrN2O.ClH/c1-9-7-11(14)3-4-12(9)13(17)16-6-5-15-10(2)8-16;/h3-4,7,10,15H,5-6,8H2,1-2H3;1H. The Morgan fingerprint density at radius 3 is 2.83 bits per heavy atom. The Hall–Kier alpha value is -0.580. The van der Waals surface area contributed by atoms with Gasteiger partial charge in [-0.25, -0.2) is 0 Å². The van der Waals surface area contributed by atoms with Crippen molar-refractivity contribution in [3.63, 3.8) is 0 Å². The number of nitrogens with one attached hydrogen (secondary N) is 1. The minimum absolute atomic E-state index is 0. The molecular formula is C13H18BrClN2O. The van der Waals surface area contributed by atoms with Gasteiger partial charge in [0.05, 0.1) is 0 Å². The normalized spacial score (nSPS) is 19.3. The molecule has 5 heteroatoms. The summed E-state index contributed by atoms with van der Waals surface area (Å²) >= 11 is 3.42. The van der Waals surface area contributed by atoms with Crippen molar-refractivity contribution in [2.45, 2.75) is 19.9 Å². The lowest BCUT2D eigenvalue weighted by Gasteiger charge is -2.32. The lowest BCUT2D eigenvalue weighted by molar-refractivity contribution is 0.0708. The number of benzene rings is 1. The van der Waals surface area contributed by atoms with E-state index in [4.69, 9.17) is 0 Å². The van der Waals surface area contributed by atoms with Crippen LogP contribution in [0.5, 0.6) is 0 Å². The summed E-state index contributed by atoms with van der Waals surface area (Å²) in [5.41, 5.74) is 1.83. The van der Waals surface area contributed by atoms with Crippen LogP contribution in [0.15, 0.2) is 22.7 Å². The SMILES string of the molecule is Cc1cc(Br)ccc1C(=O)N1CCNC(C)C1.Cl. The molecule has 0 saturated carbocycles. The lowest BCUT2D eigenvalue weighted by Crippen LogP contribution is -2.51. The van der Waals surface area contributed by atoms with Gasteiger partial charge in [-0.05, 0) is 37.6 Å². The van der Waals surface area contributed by atoms with E-state index < -0.39 is 0 Å². The maximum Gasteiger partial charge on any atom is 0.254 e. The molecule has 1 aliphatic heterocycles. The summed E-state index contributed by atoms with van der Waals surface area (Å²) in [5.74, 6) is 0.142. The van der Waals surface area contributed by atoms with Gasteiger partial charge < -0.3 is 10.2 Å². The van der Waals surface area contributed by atoms with Crippen molar-refractivity contribution in [1.82, 2.24) is 10.2 Å². The number of hydrogen-bond acceptors (Lipinski definition) is 2. The maximum atomic E-state index is 12.4. The van der Waals surface area contributed by atoms with Gasteiger partial charge in [0.15, 0.2) is 0 Å². The molecule has 100 valence electrons. The summed E-state index contributed by atoms with van der Waals surface area (Å²) in [6.07, 6.45) is 0. The number of hydrogen-bond donors (Lipinski definition) is 1. The highest BCUT2D eigenvalue weighted by molar-refractivity contribution is 9.10. The van der Waals surface area contributed by atoms with Gasteiger partial charge in [0.2, 0.25) is 0 Å². The first-order valence-corrected chi connectivity index (χ1v) is 6.66. The number of aryl methyl sites for hydroxylation is 1. The summed E-state index contributed by atoms with van der Waals surface area (Å²) in [5, 5.41) is 3.34. The quantitative estimate of drug-likeness (QED) is 0.857. The minimum Gasteiger partial charge on any atom is -0.336 e. The number of rotatable bonds is 1. The molecule has 1 aliphatic rings. The number of nitrogens with zero attached hydrogens (tertiary/aromatic N) is 1. The molecule has 0 aliphatic carbocycles. The van der Waals surface area contributed by atoms with Crippen LogP contribution in [-0.4, -0.2) is 36.5 Å². The molecule has 1 unspecified atom stereocenters. The van der Waals surface area contributed by atoms with Crippen LogP contribution in [0.25, 0.3) is 0 Å². The third-order valence-electron chi connectivity index (χ3n) is 3.07. The summed E-state index contributed by atoms with van der Waals surface area (Å²) in [4.78, 5) is 14.3. The van der Waals surface area contributed by atoms with E-state index in [-0.39, 0.29) is 18.3 Å². The molecule has 0 aromatic heterocycles. The van der Waals surface area contributed by atoms with Crippen LogP contribution in [0, 0.1) is 6.92 Å². The molecule has 2 rings (SSSR count). The van der Waals surface area contributed by atoms with Crippen LogP contribution in [-0.2, 0) is 0 Å². The summed E-state index contributed by atoms with van der Waals surface area (Å²) < 4.78 is 1.01. The zero-order valence-corrected chi connectivity index (χ0v) is 13.0. The van der Waals surface area contributed by atoms with Gasteiger partial charge in [-0.2, -0.15) is 0 Å². The van der Waals surface area contributed by atoms with Crippen LogP contribution in [0.3, 0.4) is 0 Å². The van der Waals surface area contributed by atoms with Crippen molar-refractivity contribution in [2.24, 2.45) is 0 Å². The fourth-order valence-corrected chi connectivity index (χ4v) is 2.63. The molecule has 0 radical (unpaired) electrons. The fraction of sp³-hybridized carbons (Fsp3) is 0.462. The van der Waals surface area contributed by atoms with E-state index in [0.717, 1.165) is 35.2 Å². The third-order valence-corrected chi connectivity index (χ3v) is 3.57. The largest absolute Gasteiger partial charge is 0.336 e. The van der Waals surface area contributed by atoms with Crippen molar-refractivity contribution >= 4 is 34.2 Å². The number of halogens is 2. The van der Waals surface area contributed by atoms with E-state index in [9.17, 15) is 4.79 Å². The van der Waals surface area contributed by atoms with E-state index in [2.05, 4.69) is 28.2 Å². The predicted octanol–water partition coefficient (Wildman–Crippen LogP) is 2.61. The summed E-state index contributed by atoms with van der Waals surface area (Å²) in [7, 11) is 0. The Balaban J connectivity index is 0.00000162. The van der Waals surface area contributed by atoms with Gasteiger partial charge in [-0.15, -0.1) is 12.4 Å². The molecule has 0 bridgehead atoms. The number of amides is 1. The molecule has 1 N–H and O–H groups in total. The van der Waals surface area contributed by atoms with Crippen LogP contribution < -0.4 is 5.32 Å². The average molecular weight is 334 g/mol. The number of carbonyl (C=O) groups excluding carboxylic acids is 1. The molecular weight excluding hydrogens is 316 g/mol. The molecule has 1 atom stereocenters. The Morgan fingerprint density at radius 2 is 2.22 bits per heavy atom. The van der Waals surface area contributed by atoms with Gasteiger partial charge in [0, 0.05) is 35.7 Å². The van der Waals surface area contributed by atoms with Crippen molar-refractivity contribution in [3.05, 3.63) is 33.8 Å². The monoisotopic (exact) mass is 332 g/mol. The summed E-state index contributed by atoms with van der Waals surface area (Å²) in [6.45, 7) is 6.53. The molecule has 1 saturated heterocycles. The molecule has 1 heterocycles. The smallest absolute Gasteiger partial charge is 0.254 e. The van der Waals surface area contributed by atoms with Gasteiger partial charge >= 0.3 is 0 Å². The van der Waals surface area contributed by atoms with E-state index in [0.29, 0.717) is 6.04 Å². The molecule has 1 amide bonds.